The maximum Gasteiger partial charge on any atom is 0.416 e. The number of nitro groups is 1. The van der Waals surface area contributed by atoms with Crippen LogP contribution in [0.15, 0.2) is 79.0 Å². The predicted octanol–water partition coefficient (Wildman–Crippen LogP) is 5.01. The molecule has 0 radical (unpaired) electrons. The number of rotatable bonds is 4. The Morgan fingerprint density at radius 3 is 2.28 bits per heavy atom. The molecule has 0 aromatic heterocycles. The molecule has 11 heteroatoms. The molecule has 0 bridgehead atoms. The van der Waals surface area contributed by atoms with Gasteiger partial charge in [-0.05, 0) is 47.5 Å². The summed E-state index contributed by atoms with van der Waals surface area (Å²) >= 11 is 0. The van der Waals surface area contributed by atoms with Crippen molar-refractivity contribution >= 4 is 35.0 Å². The second-order valence-corrected chi connectivity index (χ2v) is 9.56. The largest absolute Gasteiger partial charge is 0.416 e. The van der Waals surface area contributed by atoms with Gasteiger partial charge in [-0.15, -0.1) is 0 Å². The number of Topliss-reactive ketones (excluding diaryl/α,β-unsaturated/α-hetero) is 1. The number of alkyl halides is 3. The van der Waals surface area contributed by atoms with Gasteiger partial charge in [0.1, 0.15) is 6.04 Å². The van der Waals surface area contributed by atoms with E-state index in [-0.39, 0.29) is 16.9 Å². The Hall–Kier alpha value is -4.80. The van der Waals surface area contributed by atoms with Crippen LogP contribution >= 0.6 is 0 Å². The summed E-state index contributed by atoms with van der Waals surface area (Å²) in [5.41, 5.74) is 0.156. The van der Waals surface area contributed by atoms with Gasteiger partial charge in [0.15, 0.2) is 5.78 Å². The molecule has 2 amide bonds. The van der Waals surface area contributed by atoms with E-state index in [1.165, 1.54) is 30.3 Å². The van der Waals surface area contributed by atoms with Crippen molar-refractivity contribution < 1.29 is 32.5 Å². The molecule has 3 aromatic carbocycles. The molecular weight excluding hydrogens is 515 g/mol. The van der Waals surface area contributed by atoms with Crippen LogP contribution in [0.5, 0.6) is 0 Å². The van der Waals surface area contributed by atoms with Gasteiger partial charge >= 0.3 is 6.18 Å². The number of nitro benzene ring substituents is 1. The van der Waals surface area contributed by atoms with E-state index in [4.69, 9.17) is 0 Å². The second kappa shape index (κ2) is 8.62. The van der Waals surface area contributed by atoms with Crippen molar-refractivity contribution in [2.45, 2.75) is 18.3 Å². The quantitative estimate of drug-likeness (QED) is 0.202. The minimum atomic E-state index is -4.68. The predicted molar refractivity (Wildman–Crippen MR) is 132 cm³/mol. The van der Waals surface area contributed by atoms with Gasteiger partial charge in [-0.2, -0.15) is 13.2 Å². The van der Waals surface area contributed by atoms with E-state index in [1.54, 1.807) is 35.4 Å². The zero-order valence-corrected chi connectivity index (χ0v) is 19.9. The molecule has 2 fully saturated rings. The molecule has 4 atom stereocenters. The first-order chi connectivity index (χ1) is 18.6. The van der Waals surface area contributed by atoms with E-state index >= 15 is 0 Å². The number of anilines is 1. The molecule has 3 aliphatic heterocycles. The number of fused-ring (bicyclic) bond motifs is 5. The van der Waals surface area contributed by atoms with Crippen LogP contribution in [0.3, 0.4) is 0 Å². The van der Waals surface area contributed by atoms with Gasteiger partial charge in [0.05, 0.1) is 34.1 Å². The summed E-state index contributed by atoms with van der Waals surface area (Å²) in [7, 11) is 0. The number of benzene rings is 3. The number of ketones is 1. The van der Waals surface area contributed by atoms with Gasteiger partial charge < -0.3 is 4.90 Å². The number of non-ortho nitro benzene ring substituents is 1. The average molecular weight is 533 g/mol. The maximum atomic E-state index is 13.8. The summed E-state index contributed by atoms with van der Waals surface area (Å²) < 4.78 is 40.2. The molecule has 0 unspecified atom stereocenters. The molecular formula is C28H18F3N3O5. The van der Waals surface area contributed by atoms with Crippen molar-refractivity contribution in [3.8, 4) is 0 Å². The number of carbonyl (C=O) groups is 3. The van der Waals surface area contributed by atoms with Gasteiger partial charge in [0.25, 0.3) is 5.69 Å². The first-order valence-corrected chi connectivity index (χ1v) is 12.0. The molecule has 0 spiro atoms. The Morgan fingerprint density at radius 1 is 0.897 bits per heavy atom. The minimum absolute atomic E-state index is 0.107. The normalized spacial score (nSPS) is 23.5. The monoisotopic (exact) mass is 533 g/mol. The zero-order chi connectivity index (χ0) is 27.6. The molecule has 0 saturated carbocycles. The maximum absolute atomic E-state index is 13.8. The number of amides is 2. The first-order valence-electron chi connectivity index (χ1n) is 12.0. The highest BCUT2D eigenvalue weighted by Gasteiger charge is 2.64. The highest BCUT2D eigenvalue weighted by atomic mass is 19.4. The Kier molecular flexibility index (Phi) is 5.42. The van der Waals surface area contributed by atoms with Crippen LogP contribution in [0.4, 0.5) is 24.5 Å². The van der Waals surface area contributed by atoms with E-state index < -0.39 is 58.2 Å². The fourth-order valence-corrected chi connectivity index (χ4v) is 5.85. The van der Waals surface area contributed by atoms with Crippen LogP contribution < -0.4 is 4.90 Å². The standard InChI is InChI=1S/C28H18F3N3O5/c29-28(30,31)17-5-3-6-19(14-17)33-26(36)21-22(27(33)37)24(25(35)16-8-10-18(11-9-16)34(38)39)32-13-12-15-4-1-2-7-20(15)23(21)32/h1-14,21-24H/t21-,22+,23+,24-/m0/s1. The summed E-state index contributed by atoms with van der Waals surface area (Å²) in [6, 6.07) is 14.2. The summed E-state index contributed by atoms with van der Waals surface area (Å²) in [6.45, 7) is 0. The minimum Gasteiger partial charge on any atom is -0.358 e. The van der Waals surface area contributed by atoms with Crippen molar-refractivity contribution in [2.75, 3.05) is 4.90 Å². The highest BCUT2D eigenvalue weighted by Crippen LogP contribution is 2.54. The number of hydrogen-bond acceptors (Lipinski definition) is 6. The van der Waals surface area contributed by atoms with E-state index in [2.05, 4.69) is 0 Å². The van der Waals surface area contributed by atoms with E-state index in [1.807, 2.05) is 6.07 Å². The van der Waals surface area contributed by atoms with Crippen LogP contribution in [0.25, 0.3) is 6.08 Å². The fraction of sp³-hybridized carbons (Fsp3) is 0.179. The summed E-state index contributed by atoms with van der Waals surface area (Å²) in [4.78, 5) is 54.4. The fourth-order valence-electron chi connectivity index (χ4n) is 5.85. The highest BCUT2D eigenvalue weighted by molar-refractivity contribution is 6.24. The molecule has 39 heavy (non-hydrogen) atoms. The number of carbonyl (C=O) groups excluding carboxylic acids is 3. The molecule has 3 aliphatic rings. The van der Waals surface area contributed by atoms with Crippen molar-refractivity contribution in [2.24, 2.45) is 11.8 Å². The van der Waals surface area contributed by atoms with E-state index in [0.29, 0.717) is 5.56 Å². The van der Waals surface area contributed by atoms with Gasteiger partial charge in [-0.3, -0.25) is 24.5 Å². The smallest absolute Gasteiger partial charge is 0.358 e. The first kappa shape index (κ1) is 24.5. The Bertz CT molecular complexity index is 1580. The third-order valence-electron chi connectivity index (χ3n) is 7.52. The van der Waals surface area contributed by atoms with Gasteiger partial charge in [0, 0.05) is 23.9 Å². The Morgan fingerprint density at radius 2 is 1.59 bits per heavy atom. The van der Waals surface area contributed by atoms with Gasteiger partial charge in [0.2, 0.25) is 11.8 Å². The number of nitrogens with zero attached hydrogens (tertiary/aromatic N) is 3. The van der Waals surface area contributed by atoms with Gasteiger partial charge in [-0.1, -0.05) is 30.3 Å². The van der Waals surface area contributed by atoms with Crippen LogP contribution in [0.1, 0.15) is 33.1 Å². The topological polar surface area (TPSA) is 101 Å². The molecule has 2 saturated heterocycles. The van der Waals surface area contributed by atoms with Crippen molar-refractivity contribution in [3.05, 3.63) is 111 Å². The third-order valence-corrected chi connectivity index (χ3v) is 7.52. The van der Waals surface area contributed by atoms with Crippen LogP contribution in [-0.4, -0.2) is 33.5 Å². The molecule has 196 valence electrons. The lowest BCUT2D eigenvalue weighted by molar-refractivity contribution is -0.384. The summed E-state index contributed by atoms with van der Waals surface area (Å²) in [6.07, 6.45) is -1.27. The van der Waals surface area contributed by atoms with Crippen LogP contribution in [-0.2, 0) is 15.8 Å². The van der Waals surface area contributed by atoms with Crippen molar-refractivity contribution in [3.63, 3.8) is 0 Å². The third kappa shape index (κ3) is 3.72. The Balaban J connectivity index is 1.46. The Labute approximate surface area is 219 Å². The van der Waals surface area contributed by atoms with Crippen molar-refractivity contribution in [1.29, 1.82) is 0 Å². The second-order valence-electron chi connectivity index (χ2n) is 9.56. The van der Waals surface area contributed by atoms with Crippen molar-refractivity contribution in [1.82, 2.24) is 4.90 Å². The summed E-state index contributed by atoms with van der Waals surface area (Å²) in [5, 5.41) is 11.1. The molecule has 0 aliphatic carbocycles. The number of imide groups is 1. The molecule has 3 heterocycles. The van der Waals surface area contributed by atoms with Crippen LogP contribution in [0, 0.1) is 22.0 Å². The lowest BCUT2D eigenvalue weighted by Gasteiger charge is -2.35. The molecule has 8 nitrogen and oxygen atoms in total. The number of hydrogen-bond donors (Lipinski definition) is 0. The lowest BCUT2D eigenvalue weighted by Crippen LogP contribution is -2.44. The zero-order valence-electron chi connectivity index (χ0n) is 19.9. The number of halogens is 3. The van der Waals surface area contributed by atoms with E-state index in [9.17, 15) is 37.7 Å². The summed E-state index contributed by atoms with van der Waals surface area (Å²) in [5.74, 6) is -4.22. The SMILES string of the molecule is O=C(c1ccc([N+](=O)[O-])cc1)[C@@H]1[C@@H]2C(=O)N(c3cccc(C(F)(F)F)c3)C(=O)[C@@H]2[C@H]2c3ccccc3C=CN12. The lowest BCUT2D eigenvalue weighted by atomic mass is 9.83. The average Bonchev–Trinajstić information content (AvgIpc) is 3.40. The van der Waals surface area contributed by atoms with Gasteiger partial charge in [-0.25, -0.2) is 4.90 Å². The van der Waals surface area contributed by atoms with Crippen LogP contribution in [0.2, 0.25) is 0 Å². The molecule has 3 aromatic rings. The molecule has 0 N–H and O–H groups in total. The van der Waals surface area contributed by atoms with E-state index in [0.717, 1.165) is 28.7 Å². The molecule has 6 rings (SSSR count).